The predicted octanol–water partition coefficient (Wildman–Crippen LogP) is 4.91. The van der Waals surface area contributed by atoms with Crippen LogP contribution in [0.2, 0.25) is 0 Å². The third kappa shape index (κ3) is 8.35. The molecule has 11 heteroatoms. The molecule has 0 bridgehead atoms. The van der Waals surface area contributed by atoms with Crippen LogP contribution in [0.1, 0.15) is 26.4 Å². The molecule has 1 aliphatic rings. The van der Waals surface area contributed by atoms with Crippen molar-refractivity contribution in [2.45, 2.75) is 19.3 Å². The average Bonchev–Trinajstić information content (AvgIpc) is 3.45. The lowest BCUT2D eigenvalue weighted by Crippen LogP contribution is -2.47. The largest absolute Gasteiger partial charge is 0.416 e. The van der Waals surface area contributed by atoms with Crippen LogP contribution < -0.4 is 0 Å². The first-order chi connectivity index (χ1) is 18.7. The van der Waals surface area contributed by atoms with E-state index in [0.29, 0.717) is 38.4 Å². The van der Waals surface area contributed by atoms with Crippen LogP contribution in [-0.4, -0.2) is 72.5 Å². The van der Waals surface area contributed by atoms with Gasteiger partial charge in [-0.1, -0.05) is 24.3 Å². The average molecular weight is 564 g/mol. The highest BCUT2D eigenvalue weighted by molar-refractivity contribution is 7.09. The minimum atomic E-state index is -4.60. The maximum atomic E-state index is 13.6. The first kappa shape index (κ1) is 28.7. The van der Waals surface area contributed by atoms with E-state index in [-0.39, 0.29) is 37.6 Å². The Morgan fingerprint density at radius 1 is 0.949 bits per heavy atom. The van der Waals surface area contributed by atoms with Gasteiger partial charge in [0.25, 0.3) is 5.91 Å². The highest BCUT2D eigenvalue weighted by atomic mass is 32.1. The molecule has 1 saturated heterocycles. The molecule has 39 heavy (non-hydrogen) atoms. The molecule has 0 unspecified atom stereocenters. The third-order valence-corrected chi connectivity index (χ3v) is 7.27. The first-order valence-electron chi connectivity index (χ1n) is 12.5. The van der Waals surface area contributed by atoms with E-state index in [1.54, 1.807) is 17.0 Å². The van der Waals surface area contributed by atoms with Crippen LogP contribution in [0.25, 0.3) is 0 Å². The minimum absolute atomic E-state index is 0.136. The number of alkyl halides is 3. The molecule has 0 N–H and O–H groups in total. The summed E-state index contributed by atoms with van der Waals surface area (Å²) in [6.45, 7) is 3.18. The maximum Gasteiger partial charge on any atom is 0.416 e. The lowest BCUT2D eigenvalue weighted by atomic mass is 10.1. The van der Waals surface area contributed by atoms with Gasteiger partial charge in [-0.2, -0.15) is 13.2 Å². The number of carbonyl (C=O) groups excluding carboxylic acids is 2. The monoisotopic (exact) mass is 563 g/mol. The quantitative estimate of drug-likeness (QED) is 0.329. The van der Waals surface area contributed by atoms with Crippen LogP contribution in [0.3, 0.4) is 0 Å². The number of rotatable bonds is 10. The standard InChI is InChI=1S/C28H29F4N3O3S/c29-24-8-6-21(7-9-24)18-35(19-25-5-2-16-39-25)26(36)20-34(11-10-33-12-14-38-15-13-33)27(37)22-3-1-4-23(17-22)28(30,31)32/h1-9,16-17H,10-15,18-20H2. The highest BCUT2D eigenvalue weighted by Gasteiger charge is 2.32. The number of nitrogens with zero attached hydrogens (tertiary/aromatic N) is 3. The number of thiophene rings is 1. The van der Waals surface area contributed by atoms with E-state index in [1.807, 2.05) is 17.5 Å². The molecular weight excluding hydrogens is 534 g/mol. The van der Waals surface area contributed by atoms with E-state index in [4.69, 9.17) is 4.74 Å². The second-order valence-electron chi connectivity index (χ2n) is 9.21. The number of benzene rings is 2. The van der Waals surface area contributed by atoms with Crippen molar-refractivity contribution in [3.8, 4) is 0 Å². The molecule has 2 amide bonds. The van der Waals surface area contributed by atoms with Crippen LogP contribution in [0.5, 0.6) is 0 Å². The van der Waals surface area contributed by atoms with Gasteiger partial charge in [-0.05, 0) is 47.3 Å². The van der Waals surface area contributed by atoms with E-state index in [9.17, 15) is 27.2 Å². The number of hydrogen-bond donors (Lipinski definition) is 0. The molecule has 0 saturated carbocycles. The van der Waals surface area contributed by atoms with Crippen molar-refractivity contribution in [1.29, 1.82) is 0 Å². The normalized spacial score (nSPS) is 14.3. The molecule has 1 fully saturated rings. The Morgan fingerprint density at radius 3 is 2.36 bits per heavy atom. The van der Waals surface area contributed by atoms with Gasteiger partial charge in [0.05, 0.1) is 25.3 Å². The Balaban J connectivity index is 1.56. The smallest absolute Gasteiger partial charge is 0.379 e. The summed E-state index contributed by atoms with van der Waals surface area (Å²) in [4.78, 5) is 33.0. The fourth-order valence-electron chi connectivity index (χ4n) is 4.25. The number of hydrogen-bond acceptors (Lipinski definition) is 5. The zero-order chi connectivity index (χ0) is 27.8. The Kier molecular flexibility index (Phi) is 9.71. The molecule has 4 rings (SSSR count). The first-order valence-corrected chi connectivity index (χ1v) is 13.4. The van der Waals surface area contributed by atoms with Gasteiger partial charge in [0.15, 0.2) is 0 Å². The van der Waals surface area contributed by atoms with Gasteiger partial charge >= 0.3 is 6.18 Å². The van der Waals surface area contributed by atoms with E-state index in [2.05, 4.69) is 4.90 Å². The van der Waals surface area contributed by atoms with Crippen molar-refractivity contribution < 1.29 is 31.9 Å². The Bertz CT molecular complexity index is 1230. The van der Waals surface area contributed by atoms with Gasteiger partial charge in [0.1, 0.15) is 12.4 Å². The number of carbonyl (C=O) groups is 2. The van der Waals surface area contributed by atoms with Crippen LogP contribution in [-0.2, 0) is 28.8 Å². The van der Waals surface area contributed by atoms with Crippen molar-refractivity contribution >= 4 is 23.2 Å². The maximum absolute atomic E-state index is 13.6. The van der Waals surface area contributed by atoms with Crippen molar-refractivity contribution in [3.05, 3.63) is 93.4 Å². The molecule has 3 aromatic rings. The molecule has 6 nitrogen and oxygen atoms in total. The summed E-state index contributed by atoms with van der Waals surface area (Å²) in [6, 6.07) is 13.8. The van der Waals surface area contributed by atoms with Crippen LogP contribution in [0.4, 0.5) is 17.6 Å². The SMILES string of the molecule is O=C(CN(CCN1CCOCC1)C(=O)c1cccc(C(F)(F)F)c1)N(Cc1ccc(F)cc1)Cc1cccs1. The zero-order valence-electron chi connectivity index (χ0n) is 21.2. The van der Waals surface area contributed by atoms with E-state index >= 15 is 0 Å². The summed E-state index contributed by atoms with van der Waals surface area (Å²) in [5, 5.41) is 1.89. The van der Waals surface area contributed by atoms with Crippen molar-refractivity contribution in [1.82, 2.24) is 14.7 Å². The lowest BCUT2D eigenvalue weighted by molar-refractivity contribution is -0.137. The molecule has 1 aliphatic heterocycles. The molecular formula is C28H29F4N3O3S. The summed E-state index contributed by atoms with van der Waals surface area (Å²) in [6.07, 6.45) is -4.60. The zero-order valence-corrected chi connectivity index (χ0v) is 22.0. The molecule has 1 aromatic heterocycles. The van der Waals surface area contributed by atoms with Crippen LogP contribution in [0, 0.1) is 5.82 Å². The third-order valence-electron chi connectivity index (χ3n) is 6.41. The van der Waals surface area contributed by atoms with Gasteiger partial charge in [0, 0.05) is 43.2 Å². The molecule has 0 radical (unpaired) electrons. The summed E-state index contributed by atoms with van der Waals surface area (Å²) in [5.41, 5.74) is -0.350. The van der Waals surface area contributed by atoms with E-state index in [1.165, 1.54) is 40.5 Å². The van der Waals surface area contributed by atoms with Crippen LogP contribution in [0.15, 0.2) is 66.0 Å². The topological polar surface area (TPSA) is 53.1 Å². The van der Waals surface area contributed by atoms with Crippen LogP contribution >= 0.6 is 11.3 Å². The van der Waals surface area contributed by atoms with Crippen molar-refractivity contribution in [3.63, 3.8) is 0 Å². The van der Waals surface area contributed by atoms with Gasteiger partial charge in [-0.25, -0.2) is 4.39 Å². The summed E-state index contributed by atoms with van der Waals surface area (Å²) >= 11 is 1.48. The Hall–Kier alpha value is -3.28. The van der Waals surface area contributed by atoms with Gasteiger partial charge in [0.2, 0.25) is 5.91 Å². The molecule has 0 atom stereocenters. The minimum Gasteiger partial charge on any atom is -0.379 e. The number of morpholine rings is 1. The Morgan fingerprint density at radius 2 is 1.69 bits per heavy atom. The second-order valence-corrected chi connectivity index (χ2v) is 10.2. The predicted molar refractivity (Wildman–Crippen MR) is 140 cm³/mol. The summed E-state index contributed by atoms with van der Waals surface area (Å²) in [7, 11) is 0. The lowest BCUT2D eigenvalue weighted by Gasteiger charge is -2.31. The number of amides is 2. The second kappa shape index (κ2) is 13.2. The van der Waals surface area contributed by atoms with Gasteiger partial charge in [-0.3, -0.25) is 14.5 Å². The van der Waals surface area contributed by atoms with Gasteiger partial charge < -0.3 is 14.5 Å². The van der Waals surface area contributed by atoms with E-state index < -0.39 is 23.5 Å². The molecule has 2 aromatic carbocycles. The molecule has 0 aliphatic carbocycles. The molecule has 2 heterocycles. The van der Waals surface area contributed by atoms with E-state index in [0.717, 1.165) is 17.0 Å². The summed E-state index contributed by atoms with van der Waals surface area (Å²) in [5.74, 6) is -1.41. The summed E-state index contributed by atoms with van der Waals surface area (Å²) < 4.78 is 58.8. The number of halogens is 4. The highest BCUT2D eigenvalue weighted by Crippen LogP contribution is 2.30. The van der Waals surface area contributed by atoms with Crippen molar-refractivity contribution in [2.24, 2.45) is 0 Å². The fourth-order valence-corrected chi connectivity index (χ4v) is 4.97. The van der Waals surface area contributed by atoms with Crippen molar-refractivity contribution in [2.75, 3.05) is 45.9 Å². The fraction of sp³-hybridized carbons (Fsp3) is 0.357. The molecule has 208 valence electrons. The Labute approximate surface area is 228 Å². The van der Waals surface area contributed by atoms with Gasteiger partial charge in [-0.15, -0.1) is 11.3 Å². The molecule has 0 spiro atoms. The number of ether oxygens (including phenoxy) is 1.